The van der Waals surface area contributed by atoms with Crippen LogP contribution in [0.3, 0.4) is 0 Å². The van der Waals surface area contributed by atoms with Gasteiger partial charge in [-0.15, -0.1) is 0 Å². The van der Waals surface area contributed by atoms with E-state index in [1.165, 1.54) is 60.1 Å². The van der Waals surface area contributed by atoms with Crippen LogP contribution >= 0.6 is 0 Å². The highest BCUT2D eigenvalue weighted by atomic mass is 15.3. The van der Waals surface area contributed by atoms with Gasteiger partial charge in [-0.3, -0.25) is 4.99 Å². The zero-order valence-electron chi connectivity index (χ0n) is 21.5. The van der Waals surface area contributed by atoms with Crippen molar-refractivity contribution in [2.75, 3.05) is 6.54 Å². The SMILES string of the molecule is C1=CC2N=C(c3ccc(-c4c5ccccc5c(-c5ccccc5)c5ccccc45)c4ccccc34)CN2C=C1. The largest absolute Gasteiger partial charge is 0.347 e. The highest BCUT2D eigenvalue weighted by Gasteiger charge is 2.26. The van der Waals surface area contributed by atoms with Crippen LogP contribution in [0, 0.1) is 0 Å². The molecule has 0 fully saturated rings. The van der Waals surface area contributed by atoms with Crippen LogP contribution < -0.4 is 0 Å². The monoisotopic (exact) mass is 498 g/mol. The molecule has 0 saturated heterocycles. The molecule has 39 heavy (non-hydrogen) atoms. The van der Waals surface area contributed by atoms with E-state index in [1.54, 1.807) is 0 Å². The highest BCUT2D eigenvalue weighted by Crippen LogP contribution is 2.45. The average molecular weight is 499 g/mol. The fourth-order valence-corrected chi connectivity index (χ4v) is 6.42. The summed E-state index contributed by atoms with van der Waals surface area (Å²) in [5, 5.41) is 7.62. The summed E-state index contributed by atoms with van der Waals surface area (Å²) in [6.45, 7) is 0.826. The maximum Gasteiger partial charge on any atom is 0.140 e. The lowest BCUT2D eigenvalue weighted by Gasteiger charge is -2.20. The van der Waals surface area contributed by atoms with Crippen LogP contribution in [0.15, 0.2) is 145 Å². The third-order valence-electron chi connectivity index (χ3n) is 8.13. The van der Waals surface area contributed by atoms with E-state index in [0.29, 0.717) is 0 Å². The molecule has 8 rings (SSSR count). The lowest BCUT2D eigenvalue weighted by Crippen LogP contribution is -2.25. The number of aliphatic imine (C=N–C) groups is 1. The van der Waals surface area contributed by atoms with Gasteiger partial charge in [0.1, 0.15) is 6.17 Å². The van der Waals surface area contributed by atoms with Gasteiger partial charge in [-0.25, -0.2) is 0 Å². The van der Waals surface area contributed by atoms with Crippen molar-refractivity contribution < 1.29 is 0 Å². The first-order valence-corrected chi connectivity index (χ1v) is 13.6. The Morgan fingerprint density at radius 1 is 0.513 bits per heavy atom. The molecule has 6 aromatic rings. The average Bonchev–Trinajstić information content (AvgIpc) is 3.44. The van der Waals surface area contributed by atoms with Crippen molar-refractivity contribution in [3.8, 4) is 22.3 Å². The van der Waals surface area contributed by atoms with E-state index in [1.807, 2.05) is 0 Å². The minimum atomic E-state index is 0.0989. The van der Waals surface area contributed by atoms with Crippen LogP contribution in [0.5, 0.6) is 0 Å². The molecular weight excluding hydrogens is 472 g/mol. The van der Waals surface area contributed by atoms with Gasteiger partial charge in [0.05, 0.1) is 12.3 Å². The number of hydrogen-bond acceptors (Lipinski definition) is 2. The lowest BCUT2D eigenvalue weighted by molar-refractivity contribution is 0.393. The van der Waals surface area contributed by atoms with Gasteiger partial charge in [0.25, 0.3) is 0 Å². The molecule has 0 bridgehead atoms. The molecule has 2 aliphatic heterocycles. The quantitative estimate of drug-likeness (QED) is 0.222. The Kier molecular flexibility index (Phi) is 4.99. The van der Waals surface area contributed by atoms with Crippen molar-refractivity contribution in [1.29, 1.82) is 0 Å². The first-order chi connectivity index (χ1) is 19.4. The molecule has 0 aromatic heterocycles. The van der Waals surface area contributed by atoms with Gasteiger partial charge < -0.3 is 4.90 Å². The number of allylic oxidation sites excluding steroid dienone is 2. The molecule has 1 unspecified atom stereocenters. The van der Waals surface area contributed by atoms with Crippen molar-refractivity contribution in [1.82, 2.24) is 4.90 Å². The number of fused-ring (bicyclic) bond motifs is 4. The van der Waals surface area contributed by atoms with Crippen LogP contribution in [0.2, 0.25) is 0 Å². The topological polar surface area (TPSA) is 15.6 Å². The Bertz CT molecular complexity index is 1940. The molecule has 2 aliphatic rings. The molecule has 184 valence electrons. The van der Waals surface area contributed by atoms with E-state index in [9.17, 15) is 0 Å². The molecule has 0 spiro atoms. The summed E-state index contributed by atoms with van der Waals surface area (Å²) in [5.41, 5.74) is 7.46. The molecular formula is C37H26N2. The second kappa shape index (κ2) is 8.82. The van der Waals surface area contributed by atoms with E-state index >= 15 is 0 Å². The van der Waals surface area contributed by atoms with Crippen molar-refractivity contribution in [2.45, 2.75) is 6.17 Å². The van der Waals surface area contributed by atoms with Gasteiger partial charge >= 0.3 is 0 Å². The van der Waals surface area contributed by atoms with Crippen molar-refractivity contribution >= 4 is 38.0 Å². The summed E-state index contributed by atoms with van der Waals surface area (Å²) in [5.74, 6) is 0. The first kappa shape index (κ1) is 22.1. The number of benzene rings is 6. The molecule has 0 aliphatic carbocycles. The van der Waals surface area contributed by atoms with Gasteiger partial charge in [0.2, 0.25) is 0 Å². The van der Waals surface area contributed by atoms with Crippen LogP contribution in [0.4, 0.5) is 0 Å². The maximum atomic E-state index is 5.08. The Balaban J connectivity index is 1.42. The predicted molar refractivity (Wildman–Crippen MR) is 165 cm³/mol. The Morgan fingerprint density at radius 2 is 1.05 bits per heavy atom. The summed E-state index contributed by atoms with van der Waals surface area (Å²) < 4.78 is 0. The first-order valence-electron chi connectivity index (χ1n) is 13.6. The summed E-state index contributed by atoms with van der Waals surface area (Å²) in [6, 6.07) is 42.0. The van der Waals surface area contributed by atoms with Gasteiger partial charge in [-0.2, -0.15) is 0 Å². The second-order valence-electron chi connectivity index (χ2n) is 10.3. The Hall–Kier alpha value is -4.95. The van der Waals surface area contributed by atoms with Crippen LogP contribution in [-0.2, 0) is 0 Å². The van der Waals surface area contributed by atoms with Crippen LogP contribution in [0.1, 0.15) is 5.56 Å². The van der Waals surface area contributed by atoms with Crippen molar-refractivity contribution in [3.05, 3.63) is 145 Å². The minimum absolute atomic E-state index is 0.0989. The Labute approximate surface area is 227 Å². The minimum Gasteiger partial charge on any atom is -0.347 e. The van der Waals surface area contributed by atoms with E-state index in [4.69, 9.17) is 4.99 Å². The van der Waals surface area contributed by atoms with Crippen LogP contribution in [-0.4, -0.2) is 23.3 Å². The van der Waals surface area contributed by atoms with E-state index < -0.39 is 0 Å². The molecule has 0 N–H and O–H groups in total. The predicted octanol–water partition coefficient (Wildman–Crippen LogP) is 8.99. The summed E-state index contributed by atoms with van der Waals surface area (Å²) in [6.07, 6.45) is 8.58. The van der Waals surface area contributed by atoms with Gasteiger partial charge in [0, 0.05) is 11.8 Å². The fraction of sp³-hybridized carbons (Fsp3) is 0.0541. The van der Waals surface area contributed by atoms with Gasteiger partial charge in [0.15, 0.2) is 0 Å². The third-order valence-corrected chi connectivity index (χ3v) is 8.13. The molecule has 6 aromatic carbocycles. The number of rotatable bonds is 3. The smallest absolute Gasteiger partial charge is 0.140 e. The van der Waals surface area contributed by atoms with E-state index in [0.717, 1.165) is 12.3 Å². The Morgan fingerprint density at radius 3 is 1.69 bits per heavy atom. The zero-order chi connectivity index (χ0) is 25.8. The molecule has 2 heterocycles. The molecule has 0 saturated carbocycles. The normalized spacial score (nSPS) is 16.3. The highest BCUT2D eigenvalue weighted by molar-refractivity contribution is 6.24. The van der Waals surface area contributed by atoms with Crippen molar-refractivity contribution in [2.24, 2.45) is 4.99 Å². The molecule has 2 heteroatoms. The molecule has 0 amide bonds. The van der Waals surface area contributed by atoms with E-state index in [-0.39, 0.29) is 6.17 Å². The number of hydrogen-bond donors (Lipinski definition) is 0. The molecule has 2 nitrogen and oxygen atoms in total. The number of nitrogens with zero attached hydrogens (tertiary/aromatic N) is 2. The maximum absolute atomic E-state index is 5.08. The lowest BCUT2D eigenvalue weighted by atomic mass is 9.84. The summed E-state index contributed by atoms with van der Waals surface area (Å²) in [4.78, 5) is 7.38. The third kappa shape index (κ3) is 3.45. The molecule has 0 radical (unpaired) electrons. The fourth-order valence-electron chi connectivity index (χ4n) is 6.42. The molecule has 1 atom stereocenters. The summed E-state index contributed by atoms with van der Waals surface area (Å²) in [7, 11) is 0. The zero-order valence-corrected chi connectivity index (χ0v) is 21.5. The van der Waals surface area contributed by atoms with Gasteiger partial charge in [-0.05, 0) is 66.7 Å². The van der Waals surface area contributed by atoms with E-state index in [2.05, 4.69) is 145 Å². The van der Waals surface area contributed by atoms with Gasteiger partial charge in [-0.1, -0.05) is 121 Å². The van der Waals surface area contributed by atoms with Crippen molar-refractivity contribution in [3.63, 3.8) is 0 Å². The second-order valence-corrected chi connectivity index (χ2v) is 10.3. The summed E-state index contributed by atoms with van der Waals surface area (Å²) >= 11 is 0. The standard InChI is InChI=1S/C37H26N2/c1-2-12-25(13-3-1)36-29-16-6-8-18-31(29)37(32-19-9-7-17-30(32)36)33-22-21-28(26-14-4-5-15-27(26)33)34-24-39-23-11-10-20-35(39)38-34/h1-23,35H,24H2. The van der Waals surface area contributed by atoms with Crippen LogP contribution in [0.25, 0.3) is 54.6 Å².